The third-order valence-corrected chi connectivity index (χ3v) is 10.7. The van der Waals surface area contributed by atoms with E-state index in [1.807, 2.05) is 97.1 Å². The number of ether oxygens (including phenoxy) is 2. The number of hydrogen-bond acceptors (Lipinski definition) is 8. The number of benzene rings is 4. The van der Waals surface area contributed by atoms with E-state index in [9.17, 15) is 9.59 Å². The number of thioether (sulfide) groups is 1. The summed E-state index contributed by atoms with van der Waals surface area (Å²) >= 11 is 8.48. The number of hydrogen-bond donors (Lipinski definition) is 3. The van der Waals surface area contributed by atoms with Gasteiger partial charge in [0.2, 0.25) is 5.91 Å². The second-order valence-corrected chi connectivity index (χ2v) is 14.3. The van der Waals surface area contributed by atoms with Crippen LogP contribution in [0.5, 0.6) is 5.75 Å². The molecule has 50 heavy (non-hydrogen) atoms. The quantitative estimate of drug-likeness (QED) is 0.0664. The van der Waals surface area contributed by atoms with Crippen LogP contribution in [0.2, 0.25) is 0 Å². The molecule has 1 aliphatic rings. The van der Waals surface area contributed by atoms with E-state index < -0.39 is 11.2 Å². The number of carbonyl (C=O) groups excluding carboxylic acids is 2. The summed E-state index contributed by atoms with van der Waals surface area (Å²) in [7, 11) is 1.61. The topological polar surface area (TPSA) is 91.9 Å². The molecule has 4 aromatic carbocycles. The number of rotatable bonds is 12. The van der Waals surface area contributed by atoms with Gasteiger partial charge in [-0.1, -0.05) is 78.9 Å². The molecule has 0 spiro atoms. The van der Waals surface area contributed by atoms with Crippen molar-refractivity contribution in [3.8, 4) is 5.75 Å². The number of thiocarbonyl (C=S) groups is 1. The molecule has 1 unspecified atom stereocenters. The first-order valence-corrected chi connectivity index (χ1v) is 18.4. The maximum Gasteiger partial charge on any atom is 0.341 e. The number of esters is 1. The van der Waals surface area contributed by atoms with Crippen molar-refractivity contribution in [1.29, 1.82) is 0 Å². The van der Waals surface area contributed by atoms with Crippen LogP contribution in [0.15, 0.2) is 114 Å². The van der Waals surface area contributed by atoms with E-state index in [0.717, 1.165) is 45.4 Å². The lowest BCUT2D eigenvalue weighted by Crippen LogP contribution is -2.30. The van der Waals surface area contributed by atoms with Crippen LogP contribution in [0.25, 0.3) is 0 Å². The molecule has 0 fully saturated rings. The lowest BCUT2D eigenvalue weighted by Gasteiger charge is -2.27. The average molecular weight is 723 g/mol. The first-order chi connectivity index (χ1) is 24.4. The fourth-order valence-electron chi connectivity index (χ4n) is 5.83. The Morgan fingerprint density at radius 2 is 1.66 bits per heavy atom. The van der Waals surface area contributed by atoms with E-state index in [1.165, 1.54) is 28.7 Å². The van der Waals surface area contributed by atoms with Crippen molar-refractivity contribution in [2.24, 2.45) is 0 Å². The van der Waals surface area contributed by atoms with Crippen LogP contribution in [0.3, 0.4) is 0 Å². The molecule has 0 aliphatic carbocycles. The molecular weight excluding hydrogens is 685 g/mol. The van der Waals surface area contributed by atoms with Crippen molar-refractivity contribution < 1.29 is 19.1 Å². The highest BCUT2D eigenvalue weighted by Crippen LogP contribution is 2.41. The molecule has 1 amide bonds. The molecule has 0 saturated heterocycles. The lowest BCUT2D eigenvalue weighted by atomic mass is 10.0. The average Bonchev–Trinajstić information content (AvgIpc) is 3.48. The van der Waals surface area contributed by atoms with Crippen molar-refractivity contribution >= 4 is 68.7 Å². The molecule has 256 valence electrons. The van der Waals surface area contributed by atoms with Crippen LogP contribution < -0.4 is 20.7 Å². The Labute approximate surface area is 306 Å². The number of para-hydroxylation sites is 2. The van der Waals surface area contributed by atoms with Gasteiger partial charge in [0.15, 0.2) is 5.11 Å². The molecule has 5 aromatic rings. The van der Waals surface area contributed by atoms with E-state index in [0.29, 0.717) is 34.4 Å². The van der Waals surface area contributed by atoms with Gasteiger partial charge in [-0.2, -0.15) is 0 Å². The molecule has 11 heteroatoms. The second kappa shape index (κ2) is 16.8. The number of nitrogens with one attached hydrogen (secondary N) is 3. The molecule has 0 radical (unpaired) electrons. The summed E-state index contributed by atoms with van der Waals surface area (Å²) in [5.41, 5.74) is 5.04. The van der Waals surface area contributed by atoms with Gasteiger partial charge >= 0.3 is 5.97 Å². The van der Waals surface area contributed by atoms with Gasteiger partial charge in [-0.3, -0.25) is 9.69 Å². The van der Waals surface area contributed by atoms with Crippen molar-refractivity contribution in [3.63, 3.8) is 0 Å². The van der Waals surface area contributed by atoms with Crippen molar-refractivity contribution in [2.75, 3.05) is 36.2 Å². The molecule has 0 saturated carbocycles. The molecule has 1 aliphatic heterocycles. The number of anilines is 3. The summed E-state index contributed by atoms with van der Waals surface area (Å²) in [6.07, 6.45) is 0.702. The Bertz CT molecular complexity index is 1950. The minimum Gasteiger partial charge on any atom is -0.495 e. The summed E-state index contributed by atoms with van der Waals surface area (Å²) < 4.78 is 10.9. The van der Waals surface area contributed by atoms with E-state index in [2.05, 4.69) is 33.0 Å². The van der Waals surface area contributed by atoms with Gasteiger partial charge in [0.05, 0.1) is 25.0 Å². The maximum atomic E-state index is 14.2. The van der Waals surface area contributed by atoms with Gasteiger partial charge in [0, 0.05) is 35.1 Å². The summed E-state index contributed by atoms with van der Waals surface area (Å²) in [4.78, 5) is 31.9. The molecule has 2 heterocycles. The summed E-state index contributed by atoms with van der Waals surface area (Å²) in [5, 5.41) is 9.92. The predicted octanol–water partition coefficient (Wildman–Crippen LogP) is 8.77. The predicted molar refractivity (Wildman–Crippen MR) is 207 cm³/mol. The van der Waals surface area contributed by atoms with Gasteiger partial charge in [-0.15, -0.1) is 23.1 Å². The van der Waals surface area contributed by atoms with Crippen LogP contribution in [0, 0.1) is 0 Å². The van der Waals surface area contributed by atoms with Crippen molar-refractivity contribution in [1.82, 2.24) is 4.90 Å². The zero-order chi connectivity index (χ0) is 34.9. The van der Waals surface area contributed by atoms with Crippen molar-refractivity contribution in [2.45, 2.75) is 36.6 Å². The molecule has 1 aromatic heterocycles. The minimum absolute atomic E-state index is 0.224. The smallest absolute Gasteiger partial charge is 0.341 e. The van der Waals surface area contributed by atoms with Gasteiger partial charge in [-0.05, 0) is 72.6 Å². The monoisotopic (exact) mass is 722 g/mol. The van der Waals surface area contributed by atoms with Crippen molar-refractivity contribution in [3.05, 3.63) is 136 Å². The fourth-order valence-corrected chi connectivity index (χ4v) is 8.43. The number of carbonyl (C=O) groups is 2. The third-order valence-electron chi connectivity index (χ3n) is 8.14. The lowest BCUT2D eigenvalue weighted by molar-refractivity contribution is -0.115. The summed E-state index contributed by atoms with van der Waals surface area (Å²) in [6, 6.07) is 35.3. The Morgan fingerprint density at radius 1 is 0.920 bits per heavy atom. The van der Waals surface area contributed by atoms with Crippen LogP contribution in [-0.2, 0) is 29.0 Å². The van der Waals surface area contributed by atoms with Crippen LogP contribution in [-0.4, -0.2) is 42.2 Å². The maximum absolute atomic E-state index is 14.2. The summed E-state index contributed by atoms with van der Waals surface area (Å²) in [5.74, 6) is 0.0512. The Balaban J connectivity index is 1.22. The molecule has 3 N–H and O–H groups in total. The molecule has 1 atom stereocenters. The normalized spacial score (nSPS) is 13.1. The first kappa shape index (κ1) is 35.2. The Kier molecular flexibility index (Phi) is 11.8. The molecule has 8 nitrogen and oxygen atoms in total. The SMILES string of the molecule is CCOC(=O)c1c(NC(=O)C(Sc2cccc(NC(=S)Nc3ccccc3OC)c2)c2ccccc2)sc2c1CCN(Cc1ccccc1)C2. The van der Waals surface area contributed by atoms with Gasteiger partial charge in [0.25, 0.3) is 0 Å². The second-order valence-electron chi connectivity index (χ2n) is 11.6. The standard InChI is InChI=1S/C39H38N4O4S3/c1-3-47-38(45)34-30-21-22-43(24-26-13-6-4-7-14-26)25-33(30)50-37(34)42-36(44)35(27-15-8-5-9-16-27)49-29-18-12-17-28(23-29)40-39(48)41-31-19-10-11-20-32(31)46-2/h4-20,23,35H,3,21-22,24-25H2,1-2H3,(H,42,44)(H2,40,41,48). The fraction of sp³-hybridized carbons (Fsp3) is 0.205. The van der Waals surface area contributed by atoms with Gasteiger partial charge in [0.1, 0.15) is 16.0 Å². The molecule has 6 rings (SSSR count). The highest BCUT2D eigenvalue weighted by molar-refractivity contribution is 8.00. The highest BCUT2D eigenvalue weighted by atomic mass is 32.2. The number of amides is 1. The third kappa shape index (κ3) is 8.72. The number of fused-ring (bicyclic) bond motifs is 1. The van der Waals surface area contributed by atoms with E-state index in [-0.39, 0.29) is 12.5 Å². The van der Waals surface area contributed by atoms with E-state index >= 15 is 0 Å². The zero-order valence-corrected chi connectivity index (χ0v) is 30.3. The van der Waals surface area contributed by atoms with Gasteiger partial charge < -0.3 is 25.4 Å². The Hall–Kier alpha value is -4.68. The van der Waals surface area contributed by atoms with Crippen LogP contribution in [0.1, 0.15) is 44.1 Å². The number of nitrogens with zero attached hydrogens (tertiary/aromatic N) is 1. The molecule has 0 bridgehead atoms. The minimum atomic E-state index is -0.603. The highest BCUT2D eigenvalue weighted by Gasteiger charge is 2.31. The zero-order valence-electron chi connectivity index (χ0n) is 27.8. The van der Waals surface area contributed by atoms with E-state index in [1.54, 1.807) is 14.0 Å². The van der Waals surface area contributed by atoms with Crippen LogP contribution in [0.4, 0.5) is 16.4 Å². The number of thiophene rings is 1. The van der Waals surface area contributed by atoms with E-state index in [4.69, 9.17) is 21.7 Å². The molecular formula is C39H38N4O4S3. The largest absolute Gasteiger partial charge is 0.495 e. The Morgan fingerprint density at radius 3 is 2.42 bits per heavy atom. The summed E-state index contributed by atoms with van der Waals surface area (Å²) in [6.45, 7) is 4.37. The number of methoxy groups -OCH3 is 1. The first-order valence-electron chi connectivity index (χ1n) is 16.3. The van der Waals surface area contributed by atoms with Crippen LogP contribution >= 0.6 is 35.3 Å². The van der Waals surface area contributed by atoms with Gasteiger partial charge in [-0.25, -0.2) is 4.79 Å².